The van der Waals surface area contributed by atoms with Crippen LogP contribution in [0.25, 0.3) is 0 Å². The van der Waals surface area contributed by atoms with Crippen LogP contribution in [-0.4, -0.2) is 34.7 Å². The van der Waals surface area contributed by atoms with Crippen LogP contribution >= 0.6 is 11.8 Å². The summed E-state index contributed by atoms with van der Waals surface area (Å²) >= 11 is 1.03. The number of aryl methyl sites for hydroxylation is 3. The van der Waals surface area contributed by atoms with Crippen molar-refractivity contribution in [1.29, 1.82) is 0 Å². The van der Waals surface area contributed by atoms with E-state index in [2.05, 4.69) is 15.3 Å². The maximum atomic E-state index is 12.3. The molecule has 0 spiro atoms. The Bertz CT molecular complexity index is 924. The van der Waals surface area contributed by atoms with E-state index in [4.69, 9.17) is 4.74 Å². The van der Waals surface area contributed by atoms with E-state index in [1.807, 2.05) is 39.0 Å². The van der Waals surface area contributed by atoms with Crippen molar-refractivity contribution in [3.8, 4) is 0 Å². The average molecular weight is 389 g/mol. The van der Waals surface area contributed by atoms with Gasteiger partial charge in [0.15, 0.2) is 0 Å². The smallest absolute Gasteiger partial charge is 0.346 e. The van der Waals surface area contributed by atoms with Gasteiger partial charge in [0, 0.05) is 5.69 Å². The predicted molar refractivity (Wildman–Crippen MR) is 104 cm³/mol. The van der Waals surface area contributed by atoms with Crippen molar-refractivity contribution in [2.45, 2.75) is 38.8 Å². The first kappa shape index (κ1) is 20.7. The van der Waals surface area contributed by atoms with Crippen molar-refractivity contribution < 1.29 is 14.3 Å². The number of hydrogen-bond acceptors (Lipinski definition) is 6. The molecule has 0 saturated heterocycles. The Morgan fingerprint density at radius 2 is 1.96 bits per heavy atom. The van der Waals surface area contributed by atoms with Gasteiger partial charge in [0.25, 0.3) is 0 Å². The number of carbonyl (C=O) groups excluding carboxylic acids is 2. The van der Waals surface area contributed by atoms with Gasteiger partial charge in [-0.3, -0.25) is 4.79 Å². The molecule has 0 unspecified atom stereocenters. The molecule has 0 aliphatic heterocycles. The van der Waals surface area contributed by atoms with Gasteiger partial charge < -0.3 is 15.0 Å². The van der Waals surface area contributed by atoms with Crippen molar-refractivity contribution in [3.63, 3.8) is 0 Å². The van der Waals surface area contributed by atoms with E-state index < -0.39 is 11.7 Å². The second-order valence-corrected chi connectivity index (χ2v) is 7.22. The van der Waals surface area contributed by atoms with Crippen LogP contribution in [0.2, 0.25) is 0 Å². The fourth-order valence-corrected chi connectivity index (χ4v) is 3.42. The maximum absolute atomic E-state index is 12.3. The maximum Gasteiger partial charge on any atom is 0.346 e. The second-order valence-electron chi connectivity index (χ2n) is 6.26. The molecule has 8 heteroatoms. The van der Waals surface area contributed by atoms with Gasteiger partial charge in [-0.15, -0.1) is 0 Å². The highest BCUT2D eigenvalue weighted by Gasteiger charge is 2.20. The minimum absolute atomic E-state index is 0.0229. The summed E-state index contributed by atoms with van der Waals surface area (Å²) in [7, 11) is 1.25. The fraction of sp³-hybridized carbons (Fsp3) is 0.368. The highest BCUT2D eigenvalue weighted by molar-refractivity contribution is 8.00. The molecular formula is C19H23N3O4S. The lowest BCUT2D eigenvalue weighted by Gasteiger charge is -2.16. The molecule has 7 nitrogen and oxygen atoms in total. The van der Waals surface area contributed by atoms with Crippen molar-refractivity contribution >= 4 is 23.6 Å². The number of nitrogens with one attached hydrogen (secondary N) is 2. The van der Waals surface area contributed by atoms with Gasteiger partial charge in [-0.25, -0.2) is 9.59 Å². The molecule has 0 radical (unpaired) electrons. The summed E-state index contributed by atoms with van der Waals surface area (Å²) in [6.07, 6.45) is 0. The molecule has 2 rings (SSSR count). The van der Waals surface area contributed by atoms with Gasteiger partial charge in [0.2, 0.25) is 5.91 Å². The molecule has 1 aromatic heterocycles. The van der Waals surface area contributed by atoms with Gasteiger partial charge in [-0.05, 0) is 44.4 Å². The molecule has 1 heterocycles. The Morgan fingerprint density at radius 1 is 1.26 bits per heavy atom. The summed E-state index contributed by atoms with van der Waals surface area (Å²) in [5, 5.41) is 3.09. The molecule has 1 amide bonds. The molecule has 27 heavy (non-hydrogen) atoms. The zero-order chi connectivity index (χ0) is 20.1. The van der Waals surface area contributed by atoms with Crippen molar-refractivity contribution in [2.24, 2.45) is 0 Å². The Morgan fingerprint density at radius 3 is 2.59 bits per heavy atom. The SMILES string of the molecule is COC(=O)c1c(SCC(=O)N[C@@H](C)c2ccc(C)c(C)c2)nc(=O)[nH]c1C. The number of hydrogen-bond donors (Lipinski definition) is 2. The van der Waals surface area contributed by atoms with Crippen LogP contribution in [0, 0.1) is 20.8 Å². The fourth-order valence-electron chi connectivity index (χ4n) is 2.54. The monoisotopic (exact) mass is 389 g/mol. The minimum Gasteiger partial charge on any atom is -0.465 e. The number of aromatic amines is 1. The van der Waals surface area contributed by atoms with Crippen LogP contribution < -0.4 is 11.0 Å². The normalized spacial score (nSPS) is 11.7. The van der Waals surface area contributed by atoms with Crippen LogP contribution in [0.3, 0.4) is 0 Å². The first-order valence-electron chi connectivity index (χ1n) is 8.41. The average Bonchev–Trinajstić information content (AvgIpc) is 2.61. The summed E-state index contributed by atoms with van der Waals surface area (Å²) in [6, 6.07) is 5.89. The second kappa shape index (κ2) is 8.85. The van der Waals surface area contributed by atoms with Gasteiger partial charge in [0.1, 0.15) is 10.6 Å². The molecule has 0 fully saturated rings. The number of rotatable bonds is 6. The van der Waals surface area contributed by atoms with E-state index in [-0.39, 0.29) is 28.3 Å². The number of carbonyl (C=O) groups is 2. The van der Waals surface area contributed by atoms with E-state index in [1.54, 1.807) is 6.92 Å². The third-order valence-corrected chi connectivity index (χ3v) is 5.20. The highest BCUT2D eigenvalue weighted by Crippen LogP contribution is 2.22. The highest BCUT2D eigenvalue weighted by atomic mass is 32.2. The molecule has 1 aromatic carbocycles. The summed E-state index contributed by atoms with van der Waals surface area (Å²) in [6.45, 7) is 7.55. The molecular weight excluding hydrogens is 366 g/mol. The van der Waals surface area contributed by atoms with Crippen LogP contribution in [0.15, 0.2) is 28.0 Å². The minimum atomic E-state index is -0.609. The van der Waals surface area contributed by atoms with Crippen molar-refractivity contribution in [2.75, 3.05) is 12.9 Å². The molecule has 0 aliphatic carbocycles. The number of esters is 1. The van der Waals surface area contributed by atoms with E-state index in [1.165, 1.54) is 12.7 Å². The number of amides is 1. The molecule has 0 aliphatic rings. The summed E-state index contributed by atoms with van der Waals surface area (Å²) < 4.78 is 4.73. The lowest BCUT2D eigenvalue weighted by atomic mass is 10.0. The lowest BCUT2D eigenvalue weighted by molar-refractivity contribution is -0.119. The summed E-state index contributed by atoms with van der Waals surface area (Å²) in [5.41, 5.74) is 3.31. The Balaban J connectivity index is 2.08. The number of ether oxygens (including phenoxy) is 1. The van der Waals surface area contributed by atoms with Gasteiger partial charge in [0.05, 0.1) is 18.9 Å². The molecule has 2 N–H and O–H groups in total. The number of methoxy groups -OCH3 is 1. The first-order valence-corrected chi connectivity index (χ1v) is 9.40. The molecule has 0 saturated carbocycles. The molecule has 144 valence electrons. The summed E-state index contributed by atoms with van der Waals surface area (Å²) in [5.74, 6) is -0.807. The van der Waals surface area contributed by atoms with Gasteiger partial charge in [-0.2, -0.15) is 4.98 Å². The number of thioether (sulfide) groups is 1. The molecule has 1 atom stereocenters. The quantitative estimate of drug-likeness (QED) is 0.447. The topological polar surface area (TPSA) is 101 Å². The molecule has 2 aromatic rings. The summed E-state index contributed by atoms with van der Waals surface area (Å²) in [4.78, 5) is 42.1. The Kier molecular flexibility index (Phi) is 6.79. The van der Waals surface area contributed by atoms with Gasteiger partial charge >= 0.3 is 11.7 Å². The van der Waals surface area contributed by atoms with Crippen LogP contribution in [0.5, 0.6) is 0 Å². The zero-order valence-electron chi connectivity index (χ0n) is 16.0. The van der Waals surface area contributed by atoms with Gasteiger partial charge in [-0.1, -0.05) is 30.0 Å². The number of aromatic nitrogens is 2. The number of H-pyrrole nitrogens is 1. The van der Waals surface area contributed by atoms with Crippen LogP contribution in [-0.2, 0) is 9.53 Å². The largest absolute Gasteiger partial charge is 0.465 e. The van der Waals surface area contributed by atoms with Crippen LogP contribution in [0.4, 0.5) is 0 Å². The first-order chi connectivity index (χ1) is 12.7. The standard InChI is InChI=1S/C19H23N3O4S/c1-10-6-7-14(8-11(10)2)12(3)20-15(23)9-27-17-16(18(24)26-5)13(4)21-19(25)22-17/h6-8,12H,9H2,1-5H3,(H,20,23)(H,21,22,25)/t12-/m0/s1. The predicted octanol–water partition coefficient (Wildman–Crippen LogP) is 2.45. The van der Waals surface area contributed by atoms with Crippen molar-refractivity contribution in [1.82, 2.24) is 15.3 Å². The molecule has 0 bridgehead atoms. The Labute approximate surface area is 161 Å². The van der Waals surface area contributed by atoms with Crippen LogP contribution in [0.1, 0.15) is 45.7 Å². The van der Waals surface area contributed by atoms with E-state index >= 15 is 0 Å². The van der Waals surface area contributed by atoms with Crippen molar-refractivity contribution in [3.05, 3.63) is 56.6 Å². The van der Waals surface area contributed by atoms with E-state index in [9.17, 15) is 14.4 Å². The Hall–Kier alpha value is -2.61. The third kappa shape index (κ3) is 5.19. The van der Waals surface area contributed by atoms with E-state index in [0.717, 1.165) is 22.9 Å². The van der Waals surface area contributed by atoms with E-state index in [0.29, 0.717) is 5.69 Å². The number of nitrogens with zero attached hydrogens (tertiary/aromatic N) is 1. The lowest BCUT2D eigenvalue weighted by Crippen LogP contribution is -2.28. The third-order valence-electron chi connectivity index (χ3n) is 4.22. The number of benzene rings is 1. The zero-order valence-corrected chi connectivity index (χ0v) is 16.8.